The summed E-state index contributed by atoms with van der Waals surface area (Å²) < 4.78 is 13.5. The largest absolute Gasteiger partial charge is 0.300 e. The Morgan fingerprint density at radius 2 is 2.10 bits per heavy atom. The Kier molecular flexibility index (Phi) is 4.39. The molecule has 114 valence electrons. The zero-order valence-electron chi connectivity index (χ0n) is 12.8. The fourth-order valence-electron chi connectivity index (χ4n) is 3.99. The Labute approximate surface area is 126 Å². The van der Waals surface area contributed by atoms with Crippen molar-refractivity contribution >= 4 is 5.78 Å². The molecule has 3 heteroatoms. The first-order valence-electron chi connectivity index (χ1n) is 8.18. The number of piperidine rings is 1. The first kappa shape index (κ1) is 14.7. The maximum Gasteiger partial charge on any atom is 0.164 e. The summed E-state index contributed by atoms with van der Waals surface area (Å²) in [5.74, 6) is 0.634. The fraction of sp³-hybridized carbons (Fsp3) is 0.611. The highest BCUT2D eigenvalue weighted by atomic mass is 19.1. The second-order valence-electron chi connectivity index (χ2n) is 6.57. The SMILES string of the molecule is Cc1ccc(C(=O)CCN2CCCC3CCCC32)cc1F. The number of aryl methyl sites for hydroxylation is 1. The van der Waals surface area contributed by atoms with Gasteiger partial charge in [0, 0.05) is 24.6 Å². The van der Waals surface area contributed by atoms with Crippen molar-refractivity contribution in [2.24, 2.45) is 5.92 Å². The van der Waals surface area contributed by atoms with Crippen molar-refractivity contribution < 1.29 is 9.18 Å². The second kappa shape index (κ2) is 6.27. The van der Waals surface area contributed by atoms with Gasteiger partial charge >= 0.3 is 0 Å². The average Bonchev–Trinajstić information content (AvgIpc) is 2.96. The van der Waals surface area contributed by atoms with Crippen molar-refractivity contribution in [3.05, 3.63) is 35.1 Å². The fourth-order valence-corrected chi connectivity index (χ4v) is 3.99. The van der Waals surface area contributed by atoms with Gasteiger partial charge in [-0.1, -0.05) is 18.6 Å². The smallest absolute Gasteiger partial charge is 0.164 e. The predicted molar refractivity (Wildman–Crippen MR) is 82.0 cm³/mol. The first-order chi connectivity index (χ1) is 10.1. The number of Topliss-reactive ketones (excluding diaryl/α,β-unsaturated/α-hetero) is 1. The molecule has 2 aliphatic rings. The van der Waals surface area contributed by atoms with E-state index in [0.29, 0.717) is 23.6 Å². The lowest BCUT2D eigenvalue weighted by molar-refractivity contribution is 0.0875. The van der Waals surface area contributed by atoms with Crippen molar-refractivity contribution in [3.63, 3.8) is 0 Å². The molecule has 1 saturated carbocycles. The highest BCUT2D eigenvalue weighted by molar-refractivity contribution is 5.96. The Morgan fingerprint density at radius 1 is 1.29 bits per heavy atom. The van der Waals surface area contributed by atoms with Gasteiger partial charge in [0.15, 0.2) is 5.78 Å². The van der Waals surface area contributed by atoms with Crippen molar-refractivity contribution in [1.82, 2.24) is 4.90 Å². The minimum atomic E-state index is -0.283. The summed E-state index contributed by atoms with van der Waals surface area (Å²) >= 11 is 0. The summed E-state index contributed by atoms with van der Waals surface area (Å²) in [5, 5.41) is 0. The number of fused-ring (bicyclic) bond motifs is 1. The molecule has 0 amide bonds. The van der Waals surface area contributed by atoms with E-state index in [-0.39, 0.29) is 11.6 Å². The van der Waals surface area contributed by atoms with Crippen LogP contribution in [0.25, 0.3) is 0 Å². The van der Waals surface area contributed by atoms with Crippen molar-refractivity contribution in [3.8, 4) is 0 Å². The Balaban J connectivity index is 1.59. The van der Waals surface area contributed by atoms with Crippen LogP contribution >= 0.6 is 0 Å². The zero-order valence-corrected chi connectivity index (χ0v) is 12.8. The molecule has 0 N–H and O–H groups in total. The van der Waals surface area contributed by atoms with Crippen LogP contribution in [-0.4, -0.2) is 29.8 Å². The molecule has 2 nitrogen and oxygen atoms in total. The zero-order chi connectivity index (χ0) is 14.8. The molecule has 2 fully saturated rings. The van der Waals surface area contributed by atoms with E-state index in [2.05, 4.69) is 4.90 Å². The summed E-state index contributed by atoms with van der Waals surface area (Å²) in [5.41, 5.74) is 1.11. The molecule has 1 aromatic carbocycles. The van der Waals surface area contributed by atoms with Crippen molar-refractivity contribution in [2.75, 3.05) is 13.1 Å². The van der Waals surface area contributed by atoms with Crippen LogP contribution in [0.1, 0.15) is 54.4 Å². The number of hydrogen-bond donors (Lipinski definition) is 0. The summed E-state index contributed by atoms with van der Waals surface area (Å²) in [6.07, 6.45) is 7.11. The van der Waals surface area contributed by atoms with E-state index in [1.807, 2.05) is 0 Å². The van der Waals surface area contributed by atoms with Crippen LogP contribution in [0.5, 0.6) is 0 Å². The van der Waals surface area contributed by atoms with Gasteiger partial charge in [-0.15, -0.1) is 0 Å². The molecule has 0 bridgehead atoms. The molecule has 1 saturated heterocycles. The first-order valence-corrected chi connectivity index (χ1v) is 8.18. The predicted octanol–water partition coefficient (Wildman–Crippen LogP) is 3.97. The van der Waals surface area contributed by atoms with Crippen LogP contribution in [-0.2, 0) is 0 Å². The van der Waals surface area contributed by atoms with Crippen LogP contribution in [0.3, 0.4) is 0 Å². The van der Waals surface area contributed by atoms with E-state index in [1.54, 1.807) is 19.1 Å². The van der Waals surface area contributed by atoms with Crippen LogP contribution in [0.2, 0.25) is 0 Å². The van der Waals surface area contributed by atoms with E-state index in [4.69, 9.17) is 0 Å². The van der Waals surface area contributed by atoms with Crippen molar-refractivity contribution in [1.29, 1.82) is 0 Å². The Bertz CT molecular complexity index is 528. The maximum atomic E-state index is 13.5. The van der Waals surface area contributed by atoms with E-state index >= 15 is 0 Å². The van der Waals surface area contributed by atoms with Gasteiger partial charge in [0.25, 0.3) is 0 Å². The summed E-state index contributed by atoms with van der Waals surface area (Å²) in [7, 11) is 0. The van der Waals surface area contributed by atoms with Gasteiger partial charge in [-0.25, -0.2) is 4.39 Å². The average molecular weight is 289 g/mol. The lowest BCUT2D eigenvalue weighted by Gasteiger charge is -2.37. The summed E-state index contributed by atoms with van der Waals surface area (Å²) in [4.78, 5) is 14.8. The van der Waals surface area contributed by atoms with E-state index in [1.165, 1.54) is 38.2 Å². The number of carbonyl (C=O) groups excluding carboxylic acids is 1. The van der Waals surface area contributed by atoms with Gasteiger partial charge in [-0.2, -0.15) is 0 Å². The van der Waals surface area contributed by atoms with Gasteiger partial charge in [-0.3, -0.25) is 9.69 Å². The molecule has 3 rings (SSSR count). The number of benzene rings is 1. The molecular weight excluding hydrogens is 265 g/mol. The summed E-state index contributed by atoms with van der Waals surface area (Å²) in [6, 6.07) is 5.51. The standard InChI is InChI=1S/C18H24FNO/c1-13-7-8-15(12-16(13)19)18(21)9-11-20-10-3-5-14-4-2-6-17(14)20/h7-8,12,14,17H,2-6,9-11H2,1H3. The Hall–Kier alpha value is -1.22. The van der Waals surface area contributed by atoms with Gasteiger partial charge in [0.1, 0.15) is 5.82 Å². The molecule has 1 aliphatic carbocycles. The quantitative estimate of drug-likeness (QED) is 0.782. The topological polar surface area (TPSA) is 20.3 Å². The number of hydrogen-bond acceptors (Lipinski definition) is 2. The number of rotatable bonds is 4. The normalized spacial score (nSPS) is 25.8. The minimum absolute atomic E-state index is 0.0639. The van der Waals surface area contributed by atoms with Crippen molar-refractivity contribution in [2.45, 2.75) is 51.5 Å². The van der Waals surface area contributed by atoms with Gasteiger partial charge in [0.2, 0.25) is 0 Å². The number of carbonyl (C=O) groups is 1. The molecular formula is C18H24FNO. The van der Waals surface area contributed by atoms with Crippen LogP contribution < -0.4 is 0 Å². The molecule has 2 unspecified atom stereocenters. The highest BCUT2D eigenvalue weighted by Crippen LogP contribution is 2.36. The molecule has 1 heterocycles. The molecule has 1 aliphatic heterocycles. The van der Waals surface area contributed by atoms with Crippen LogP contribution in [0.15, 0.2) is 18.2 Å². The van der Waals surface area contributed by atoms with Crippen LogP contribution in [0, 0.1) is 18.7 Å². The van der Waals surface area contributed by atoms with Gasteiger partial charge in [-0.05, 0) is 56.7 Å². The number of halogens is 1. The van der Waals surface area contributed by atoms with E-state index < -0.39 is 0 Å². The second-order valence-corrected chi connectivity index (χ2v) is 6.57. The third-order valence-corrected chi connectivity index (χ3v) is 5.23. The molecule has 2 atom stereocenters. The molecule has 0 aromatic heterocycles. The van der Waals surface area contributed by atoms with E-state index in [9.17, 15) is 9.18 Å². The molecule has 1 aromatic rings. The van der Waals surface area contributed by atoms with Gasteiger partial charge < -0.3 is 0 Å². The maximum absolute atomic E-state index is 13.5. The lowest BCUT2D eigenvalue weighted by atomic mass is 9.91. The lowest BCUT2D eigenvalue weighted by Crippen LogP contribution is -2.43. The Morgan fingerprint density at radius 3 is 2.90 bits per heavy atom. The molecule has 21 heavy (non-hydrogen) atoms. The monoisotopic (exact) mass is 289 g/mol. The third-order valence-electron chi connectivity index (χ3n) is 5.23. The minimum Gasteiger partial charge on any atom is -0.300 e. The highest BCUT2D eigenvalue weighted by Gasteiger charge is 2.34. The molecule has 0 radical (unpaired) electrons. The van der Waals surface area contributed by atoms with Gasteiger partial charge in [0.05, 0.1) is 0 Å². The van der Waals surface area contributed by atoms with E-state index in [0.717, 1.165) is 19.0 Å². The summed E-state index contributed by atoms with van der Waals surface area (Å²) in [6.45, 7) is 3.67. The number of ketones is 1. The molecule has 0 spiro atoms. The number of likely N-dealkylation sites (tertiary alicyclic amines) is 1. The number of nitrogens with zero attached hydrogens (tertiary/aromatic N) is 1. The third kappa shape index (κ3) is 3.18. The van der Waals surface area contributed by atoms with Crippen LogP contribution in [0.4, 0.5) is 4.39 Å².